The lowest BCUT2D eigenvalue weighted by atomic mass is 10.00. The summed E-state index contributed by atoms with van der Waals surface area (Å²) in [6, 6.07) is 12.8. The van der Waals surface area contributed by atoms with Gasteiger partial charge in [-0.05, 0) is 36.1 Å². The van der Waals surface area contributed by atoms with Gasteiger partial charge in [0.2, 0.25) is 0 Å². The second-order valence-electron chi connectivity index (χ2n) is 5.22. The van der Waals surface area contributed by atoms with Gasteiger partial charge in [0.05, 0.1) is 6.61 Å². The zero-order valence-electron chi connectivity index (χ0n) is 12.7. The fourth-order valence-electron chi connectivity index (χ4n) is 2.53. The largest absolute Gasteiger partial charge is 0.493 e. The second kappa shape index (κ2) is 7.94. The van der Waals surface area contributed by atoms with Crippen molar-refractivity contribution in [1.82, 2.24) is 0 Å². The molecule has 0 spiro atoms. The average Bonchev–Trinajstić information content (AvgIpc) is 2.49. The summed E-state index contributed by atoms with van der Waals surface area (Å²) < 4.78 is 6.01. The molecule has 0 bridgehead atoms. The molecule has 1 nitrogen and oxygen atoms in total. The van der Waals surface area contributed by atoms with Crippen LogP contribution in [0.3, 0.4) is 0 Å². The Morgan fingerprint density at radius 2 is 1.80 bits per heavy atom. The first-order chi connectivity index (χ1) is 9.86. The van der Waals surface area contributed by atoms with Gasteiger partial charge in [-0.15, -0.1) is 0 Å². The molecular weight excluding hydrogens is 244 g/mol. The number of ether oxygens (including phenoxy) is 1. The molecule has 1 radical (unpaired) electrons. The van der Waals surface area contributed by atoms with E-state index >= 15 is 0 Å². The quantitative estimate of drug-likeness (QED) is 0.553. The van der Waals surface area contributed by atoms with Crippen LogP contribution in [-0.2, 0) is 0 Å². The van der Waals surface area contributed by atoms with Crippen LogP contribution in [0, 0.1) is 6.42 Å². The predicted molar refractivity (Wildman–Crippen MR) is 87.3 cm³/mol. The summed E-state index contributed by atoms with van der Waals surface area (Å²) in [6.07, 6.45) is 8.27. The Morgan fingerprint density at radius 1 is 0.950 bits per heavy atom. The molecule has 2 rings (SSSR count). The van der Waals surface area contributed by atoms with Crippen LogP contribution in [0.1, 0.15) is 51.5 Å². The Kier molecular flexibility index (Phi) is 5.91. The van der Waals surface area contributed by atoms with Crippen molar-refractivity contribution in [2.24, 2.45) is 0 Å². The molecule has 2 aromatic rings. The summed E-state index contributed by atoms with van der Waals surface area (Å²) in [5.41, 5.74) is 1.25. The highest BCUT2D eigenvalue weighted by Gasteiger charge is 2.08. The first-order valence-electron chi connectivity index (χ1n) is 7.84. The minimum atomic E-state index is 0.822. The molecule has 2 aromatic carbocycles. The van der Waals surface area contributed by atoms with Crippen molar-refractivity contribution in [2.75, 3.05) is 6.61 Å². The molecule has 1 heteroatoms. The maximum Gasteiger partial charge on any atom is 0.123 e. The highest BCUT2D eigenvalue weighted by molar-refractivity contribution is 5.88. The number of fused-ring (bicyclic) bond motifs is 1. The molecule has 0 heterocycles. The van der Waals surface area contributed by atoms with E-state index in [1.54, 1.807) is 0 Å². The van der Waals surface area contributed by atoms with Crippen LogP contribution in [0.25, 0.3) is 10.8 Å². The lowest BCUT2D eigenvalue weighted by molar-refractivity contribution is 0.304. The third kappa shape index (κ3) is 3.75. The van der Waals surface area contributed by atoms with Crippen molar-refractivity contribution >= 4 is 10.8 Å². The van der Waals surface area contributed by atoms with Gasteiger partial charge in [-0.1, -0.05) is 63.4 Å². The Labute approximate surface area is 123 Å². The van der Waals surface area contributed by atoms with Crippen molar-refractivity contribution in [3.8, 4) is 5.75 Å². The molecule has 0 aliphatic heterocycles. The highest BCUT2D eigenvalue weighted by atomic mass is 16.5. The lowest BCUT2D eigenvalue weighted by Gasteiger charge is -2.13. The predicted octanol–water partition coefficient (Wildman–Crippen LogP) is 5.76. The molecule has 0 aromatic heterocycles. The summed E-state index contributed by atoms with van der Waals surface area (Å²) in [4.78, 5) is 0. The van der Waals surface area contributed by atoms with Crippen molar-refractivity contribution in [2.45, 2.75) is 46.0 Å². The summed E-state index contributed by atoms with van der Waals surface area (Å²) >= 11 is 0. The third-order valence-electron chi connectivity index (χ3n) is 3.59. The highest BCUT2D eigenvalue weighted by Crippen LogP contribution is 2.30. The summed E-state index contributed by atoms with van der Waals surface area (Å²) in [5.74, 6) is 1.03. The van der Waals surface area contributed by atoms with E-state index in [0.717, 1.165) is 25.2 Å². The Hall–Kier alpha value is -1.50. The Morgan fingerprint density at radius 3 is 2.60 bits per heavy atom. The summed E-state index contributed by atoms with van der Waals surface area (Å²) in [5, 5.41) is 2.57. The van der Waals surface area contributed by atoms with Gasteiger partial charge < -0.3 is 4.74 Å². The molecular formula is C19H25O. The molecule has 0 saturated carbocycles. The van der Waals surface area contributed by atoms with E-state index in [1.807, 2.05) is 0 Å². The molecule has 0 aliphatic rings. The van der Waals surface area contributed by atoms with Gasteiger partial charge in [-0.25, -0.2) is 0 Å². The fraction of sp³-hybridized carbons (Fsp3) is 0.421. The maximum atomic E-state index is 6.01. The summed E-state index contributed by atoms with van der Waals surface area (Å²) in [6.45, 7) is 5.23. The van der Waals surface area contributed by atoms with E-state index in [0.29, 0.717) is 0 Å². The van der Waals surface area contributed by atoms with E-state index < -0.39 is 0 Å². The van der Waals surface area contributed by atoms with E-state index in [2.05, 4.69) is 56.7 Å². The van der Waals surface area contributed by atoms with E-state index in [1.165, 1.54) is 35.6 Å². The van der Waals surface area contributed by atoms with Crippen LogP contribution >= 0.6 is 0 Å². The minimum absolute atomic E-state index is 0.822. The molecule has 0 amide bonds. The molecule has 0 saturated heterocycles. The lowest BCUT2D eigenvalue weighted by Crippen LogP contribution is -2.00. The first-order valence-corrected chi connectivity index (χ1v) is 7.84. The smallest absolute Gasteiger partial charge is 0.123 e. The molecule has 20 heavy (non-hydrogen) atoms. The maximum absolute atomic E-state index is 6.01. The van der Waals surface area contributed by atoms with E-state index in [-0.39, 0.29) is 0 Å². The van der Waals surface area contributed by atoms with Crippen molar-refractivity contribution in [3.63, 3.8) is 0 Å². The average molecular weight is 269 g/mol. The number of unbranched alkanes of at least 4 members (excludes halogenated alkanes) is 3. The van der Waals surface area contributed by atoms with Crippen LogP contribution in [0.5, 0.6) is 5.75 Å². The number of hydrogen-bond donors (Lipinski definition) is 0. The van der Waals surface area contributed by atoms with Crippen molar-refractivity contribution < 1.29 is 4.74 Å². The van der Waals surface area contributed by atoms with Gasteiger partial charge in [-0.2, -0.15) is 0 Å². The second-order valence-corrected chi connectivity index (χ2v) is 5.22. The third-order valence-corrected chi connectivity index (χ3v) is 3.59. The molecule has 0 fully saturated rings. The molecule has 0 unspecified atom stereocenters. The molecule has 0 N–H and O–H groups in total. The van der Waals surface area contributed by atoms with Crippen LogP contribution in [0.15, 0.2) is 36.4 Å². The Balaban J connectivity index is 2.13. The van der Waals surface area contributed by atoms with Gasteiger partial charge in [0.25, 0.3) is 0 Å². The number of benzene rings is 2. The number of rotatable bonds is 8. The van der Waals surface area contributed by atoms with Gasteiger partial charge in [0.15, 0.2) is 0 Å². The molecule has 0 aliphatic carbocycles. The monoisotopic (exact) mass is 269 g/mol. The van der Waals surface area contributed by atoms with Gasteiger partial charge in [0.1, 0.15) is 5.75 Å². The van der Waals surface area contributed by atoms with Crippen LogP contribution in [0.2, 0.25) is 0 Å². The van der Waals surface area contributed by atoms with Crippen molar-refractivity contribution in [3.05, 3.63) is 48.4 Å². The van der Waals surface area contributed by atoms with Crippen LogP contribution in [0.4, 0.5) is 0 Å². The zero-order chi connectivity index (χ0) is 14.2. The zero-order valence-corrected chi connectivity index (χ0v) is 12.7. The van der Waals surface area contributed by atoms with Gasteiger partial charge >= 0.3 is 0 Å². The minimum Gasteiger partial charge on any atom is -0.493 e. The van der Waals surface area contributed by atoms with Crippen molar-refractivity contribution in [1.29, 1.82) is 0 Å². The van der Waals surface area contributed by atoms with E-state index in [9.17, 15) is 0 Å². The summed E-state index contributed by atoms with van der Waals surface area (Å²) in [7, 11) is 0. The molecule has 0 atom stereocenters. The van der Waals surface area contributed by atoms with Gasteiger partial charge in [0, 0.05) is 5.56 Å². The topological polar surface area (TPSA) is 9.23 Å². The van der Waals surface area contributed by atoms with Gasteiger partial charge in [-0.3, -0.25) is 0 Å². The first kappa shape index (κ1) is 14.9. The number of hydrogen-bond acceptors (Lipinski definition) is 1. The van der Waals surface area contributed by atoms with Crippen LogP contribution in [-0.4, -0.2) is 6.61 Å². The Bertz CT molecular complexity index is 530. The molecule has 107 valence electrons. The SMILES string of the molecule is CC[CH]c1c(OCCCCCC)ccc2ccccc12. The standard InChI is InChI=1S/C19H25O/c1-3-5-6-9-15-20-19-14-13-16-11-7-8-12-17(16)18(19)10-4-2/h7-8,10-14H,3-6,9,15H2,1-2H3. The van der Waals surface area contributed by atoms with E-state index in [4.69, 9.17) is 4.74 Å². The fourth-order valence-corrected chi connectivity index (χ4v) is 2.53. The normalized spacial score (nSPS) is 10.9. The van der Waals surface area contributed by atoms with Crippen LogP contribution < -0.4 is 4.74 Å².